The Morgan fingerprint density at radius 3 is 2.58 bits per heavy atom. The number of rotatable bonds is 2. The van der Waals surface area contributed by atoms with Gasteiger partial charge in [0.25, 0.3) is 0 Å². The molecule has 0 amide bonds. The van der Waals surface area contributed by atoms with Crippen LogP contribution in [0.5, 0.6) is 0 Å². The van der Waals surface area contributed by atoms with E-state index in [1.165, 1.54) is 6.07 Å². The highest BCUT2D eigenvalue weighted by Gasteiger charge is 2.43. The molecule has 2 aliphatic rings. The number of hydrogen-bond donors (Lipinski definition) is 3. The average molecular weight is 333 g/mol. The Labute approximate surface area is 138 Å². The van der Waals surface area contributed by atoms with E-state index in [1.54, 1.807) is 11.8 Å². The van der Waals surface area contributed by atoms with Crippen molar-refractivity contribution in [3.63, 3.8) is 0 Å². The Balaban J connectivity index is 2.19. The van der Waals surface area contributed by atoms with Crippen molar-refractivity contribution in [2.45, 2.75) is 44.7 Å². The van der Waals surface area contributed by atoms with Crippen molar-refractivity contribution >= 4 is 23.6 Å². The fourth-order valence-electron chi connectivity index (χ4n) is 3.49. The molecule has 128 valence electrons. The van der Waals surface area contributed by atoms with Gasteiger partial charge in [0.1, 0.15) is 11.5 Å². The molecule has 0 aromatic heterocycles. The number of aromatic carboxylic acids is 1. The van der Waals surface area contributed by atoms with E-state index in [2.05, 4.69) is 9.98 Å². The number of carbonyl (C=O) groups is 1. The summed E-state index contributed by atoms with van der Waals surface area (Å²) in [6, 6.07) is 2.42. The summed E-state index contributed by atoms with van der Waals surface area (Å²) in [7, 11) is 0. The summed E-state index contributed by atoms with van der Waals surface area (Å²) in [5.74, 6) is -1.61. The number of benzene rings is 1. The zero-order chi connectivity index (χ0) is 17.5. The number of halogens is 1. The van der Waals surface area contributed by atoms with E-state index < -0.39 is 17.4 Å². The van der Waals surface area contributed by atoms with E-state index in [0.29, 0.717) is 24.1 Å². The molecule has 1 aliphatic heterocycles. The van der Waals surface area contributed by atoms with Gasteiger partial charge in [-0.1, -0.05) is 6.42 Å². The van der Waals surface area contributed by atoms with Gasteiger partial charge in [0.2, 0.25) is 11.9 Å². The van der Waals surface area contributed by atoms with Gasteiger partial charge in [-0.05, 0) is 44.7 Å². The molecule has 7 nitrogen and oxygen atoms in total. The van der Waals surface area contributed by atoms with Crippen molar-refractivity contribution in [1.29, 1.82) is 0 Å². The number of anilines is 1. The maximum absolute atomic E-state index is 14.3. The molecule has 0 bridgehead atoms. The van der Waals surface area contributed by atoms with Gasteiger partial charge in [0, 0.05) is 5.56 Å². The molecule has 1 fully saturated rings. The van der Waals surface area contributed by atoms with E-state index in [1.807, 2.05) is 0 Å². The maximum Gasteiger partial charge on any atom is 0.335 e. The number of nitrogens with two attached hydrogens (primary N) is 2. The molecule has 1 aliphatic carbocycles. The van der Waals surface area contributed by atoms with Crippen LogP contribution in [0.1, 0.15) is 48.0 Å². The van der Waals surface area contributed by atoms with Gasteiger partial charge in [0.15, 0.2) is 0 Å². The van der Waals surface area contributed by atoms with Gasteiger partial charge in [-0.2, -0.15) is 4.99 Å². The van der Waals surface area contributed by atoms with E-state index >= 15 is 0 Å². The first-order chi connectivity index (χ1) is 11.3. The molecule has 24 heavy (non-hydrogen) atoms. The quantitative estimate of drug-likeness (QED) is 0.764. The van der Waals surface area contributed by atoms with Gasteiger partial charge in [0.05, 0.1) is 11.3 Å². The minimum absolute atomic E-state index is 0.0955. The lowest BCUT2D eigenvalue weighted by Gasteiger charge is -2.46. The van der Waals surface area contributed by atoms with Crippen LogP contribution in [0.4, 0.5) is 10.1 Å². The van der Waals surface area contributed by atoms with Gasteiger partial charge >= 0.3 is 5.97 Å². The van der Waals surface area contributed by atoms with Crippen LogP contribution in [0.2, 0.25) is 0 Å². The van der Waals surface area contributed by atoms with Gasteiger partial charge < -0.3 is 16.6 Å². The normalized spacial score (nSPS) is 19.8. The van der Waals surface area contributed by atoms with E-state index in [-0.39, 0.29) is 17.5 Å². The molecule has 1 heterocycles. The lowest BCUT2D eigenvalue weighted by atomic mass is 9.86. The second-order valence-corrected chi connectivity index (χ2v) is 6.23. The number of nitrogens with zero attached hydrogens (tertiary/aromatic N) is 3. The number of carboxylic acid groups (broad SMARTS) is 1. The molecular weight excluding hydrogens is 313 g/mol. The van der Waals surface area contributed by atoms with Crippen LogP contribution in [0.25, 0.3) is 0 Å². The van der Waals surface area contributed by atoms with Gasteiger partial charge in [-0.25, -0.2) is 14.2 Å². The second-order valence-electron chi connectivity index (χ2n) is 6.23. The van der Waals surface area contributed by atoms with Crippen molar-refractivity contribution in [2.24, 2.45) is 21.5 Å². The molecule has 3 rings (SSSR count). The summed E-state index contributed by atoms with van der Waals surface area (Å²) < 4.78 is 14.3. The molecule has 0 atom stereocenters. The third kappa shape index (κ3) is 2.57. The Kier molecular flexibility index (Phi) is 3.90. The SMILES string of the molecule is Cc1c(F)cc(C(=O)O)cc1N1C(N)=NC(N)=NC12CCCCC2. The Bertz CT molecular complexity index is 753. The molecule has 1 spiro atoms. The summed E-state index contributed by atoms with van der Waals surface area (Å²) in [5, 5.41) is 9.24. The van der Waals surface area contributed by atoms with Crippen molar-refractivity contribution in [1.82, 2.24) is 0 Å². The topological polar surface area (TPSA) is 117 Å². The minimum atomic E-state index is -1.21. The summed E-state index contributed by atoms with van der Waals surface area (Å²) in [5.41, 5.74) is 11.7. The molecule has 8 heteroatoms. The average Bonchev–Trinajstić information content (AvgIpc) is 2.51. The number of aliphatic imine (C=N–C) groups is 2. The fourth-order valence-corrected chi connectivity index (χ4v) is 3.49. The van der Waals surface area contributed by atoms with E-state index in [4.69, 9.17) is 11.5 Å². The Hall–Kier alpha value is -2.64. The second kappa shape index (κ2) is 5.77. The predicted molar refractivity (Wildman–Crippen MR) is 89.6 cm³/mol. The third-order valence-electron chi connectivity index (χ3n) is 4.66. The summed E-state index contributed by atoms with van der Waals surface area (Å²) in [4.78, 5) is 21.5. The zero-order valence-corrected chi connectivity index (χ0v) is 13.4. The highest BCUT2D eigenvalue weighted by Crippen LogP contribution is 2.41. The van der Waals surface area contributed by atoms with E-state index in [0.717, 1.165) is 25.3 Å². The van der Waals surface area contributed by atoms with Crippen LogP contribution in [0, 0.1) is 12.7 Å². The number of hydrogen-bond acceptors (Lipinski definition) is 6. The Morgan fingerprint density at radius 2 is 1.96 bits per heavy atom. The lowest BCUT2D eigenvalue weighted by molar-refractivity contribution is 0.0696. The van der Waals surface area contributed by atoms with Crippen LogP contribution in [-0.2, 0) is 0 Å². The van der Waals surface area contributed by atoms with Crippen molar-refractivity contribution in [3.8, 4) is 0 Å². The molecule has 0 radical (unpaired) electrons. The van der Waals surface area contributed by atoms with Crippen molar-refractivity contribution in [2.75, 3.05) is 4.90 Å². The highest BCUT2D eigenvalue weighted by molar-refractivity contribution is 6.06. The van der Waals surface area contributed by atoms with Gasteiger partial charge in [-0.15, -0.1) is 0 Å². The molecule has 1 saturated carbocycles. The summed E-state index contributed by atoms with van der Waals surface area (Å²) in [6.07, 6.45) is 4.33. The van der Waals surface area contributed by atoms with Crippen LogP contribution in [0.3, 0.4) is 0 Å². The summed E-state index contributed by atoms with van der Waals surface area (Å²) >= 11 is 0. The monoisotopic (exact) mass is 333 g/mol. The zero-order valence-electron chi connectivity index (χ0n) is 13.4. The molecular formula is C16H20FN5O2. The predicted octanol–water partition coefficient (Wildman–Crippen LogP) is 1.94. The first kappa shape index (κ1) is 16.2. The lowest BCUT2D eigenvalue weighted by Crippen LogP contribution is -2.58. The molecule has 5 N–H and O–H groups in total. The molecule has 1 aromatic carbocycles. The van der Waals surface area contributed by atoms with Crippen LogP contribution in [0.15, 0.2) is 22.1 Å². The van der Waals surface area contributed by atoms with Crippen LogP contribution < -0.4 is 16.4 Å². The standard InChI is InChI=1S/C16H20FN5O2/c1-9-11(17)7-10(13(23)24)8-12(9)22-15(19)20-14(18)21-16(22)5-3-2-4-6-16/h7-8H,2-6H2,1H3,(H,23,24)(H4,18,19,20,21). The minimum Gasteiger partial charge on any atom is -0.478 e. The maximum atomic E-state index is 14.3. The Morgan fingerprint density at radius 1 is 1.29 bits per heavy atom. The van der Waals surface area contributed by atoms with Crippen LogP contribution >= 0.6 is 0 Å². The van der Waals surface area contributed by atoms with Gasteiger partial charge in [-0.3, -0.25) is 4.90 Å². The molecule has 1 aromatic rings. The first-order valence-electron chi connectivity index (χ1n) is 7.87. The fraction of sp³-hybridized carbons (Fsp3) is 0.438. The smallest absolute Gasteiger partial charge is 0.335 e. The molecule has 0 unspecified atom stereocenters. The highest BCUT2D eigenvalue weighted by atomic mass is 19.1. The first-order valence-corrected chi connectivity index (χ1v) is 7.87. The van der Waals surface area contributed by atoms with Crippen molar-refractivity contribution < 1.29 is 14.3 Å². The number of guanidine groups is 2. The van der Waals surface area contributed by atoms with E-state index in [9.17, 15) is 14.3 Å². The third-order valence-corrected chi connectivity index (χ3v) is 4.66. The van der Waals surface area contributed by atoms with Crippen molar-refractivity contribution in [3.05, 3.63) is 29.1 Å². The number of carboxylic acids is 1. The summed E-state index contributed by atoms with van der Waals surface area (Å²) in [6.45, 7) is 1.59. The van der Waals surface area contributed by atoms with Crippen LogP contribution in [-0.4, -0.2) is 28.7 Å². The molecule has 0 saturated heterocycles. The largest absolute Gasteiger partial charge is 0.478 e.